The van der Waals surface area contributed by atoms with E-state index in [0.717, 1.165) is 32.8 Å². The van der Waals surface area contributed by atoms with Crippen molar-refractivity contribution in [2.45, 2.75) is 0 Å². The molecule has 18 heavy (non-hydrogen) atoms. The highest BCUT2D eigenvalue weighted by Crippen LogP contribution is 2.36. The summed E-state index contributed by atoms with van der Waals surface area (Å²) in [7, 11) is 1.68. The minimum atomic E-state index is 0.741. The van der Waals surface area contributed by atoms with Crippen molar-refractivity contribution in [1.29, 1.82) is 0 Å². The zero-order valence-electron chi connectivity index (χ0n) is 9.88. The maximum absolute atomic E-state index is 5.96. The van der Waals surface area contributed by atoms with Gasteiger partial charge in [-0.05, 0) is 17.5 Å². The topological polar surface area (TPSA) is 48.1 Å². The molecule has 2 aromatic carbocycles. The van der Waals surface area contributed by atoms with Gasteiger partial charge < -0.3 is 10.5 Å². The van der Waals surface area contributed by atoms with E-state index in [-0.39, 0.29) is 0 Å². The van der Waals surface area contributed by atoms with Gasteiger partial charge in [0, 0.05) is 10.9 Å². The molecule has 0 aliphatic carbocycles. The van der Waals surface area contributed by atoms with E-state index in [9.17, 15) is 0 Å². The quantitative estimate of drug-likeness (QED) is 0.762. The monoisotopic (exact) mass is 256 g/mol. The first-order valence-electron chi connectivity index (χ1n) is 5.56. The van der Waals surface area contributed by atoms with Gasteiger partial charge in [0.25, 0.3) is 0 Å². The lowest BCUT2D eigenvalue weighted by Gasteiger charge is -2.09. The number of methoxy groups -OCH3 is 1. The first-order chi connectivity index (χ1) is 8.81. The smallest absolute Gasteiger partial charge is 0.126 e. The second-order valence-corrected chi connectivity index (χ2v) is 4.81. The molecule has 0 amide bonds. The molecule has 2 N–H and O–H groups in total. The molecular weight excluding hydrogens is 244 g/mol. The Balaban J connectivity index is 2.35. The standard InChI is InChI=1S/C14H12N2OS/c1-17-12-7-6-11(13-14(15)18-8-16-13)9-4-2-3-5-10(9)12/h2-8H,15H2,1H3. The lowest BCUT2D eigenvalue weighted by Crippen LogP contribution is -1.90. The highest BCUT2D eigenvalue weighted by Gasteiger charge is 2.11. The number of ether oxygens (including phenoxy) is 1. The van der Waals surface area contributed by atoms with E-state index < -0.39 is 0 Å². The minimum absolute atomic E-state index is 0.741. The number of nitrogen functional groups attached to an aromatic ring is 1. The van der Waals surface area contributed by atoms with Crippen LogP contribution in [0.5, 0.6) is 5.75 Å². The molecule has 0 aliphatic rings. The fourth-order valence-electron chi connectivity index (χ4n) is 2.11. The second-order valence-electron chi connectivity index (χ2n) is 3.93. The van der Waals surface area contributed by atoms with Crippen LogP contribution in [0.15, 0.2) is 41.9 Å². The summed E-state index contributed by atoms with van der Waals surface area (Å²) < 4.78 is 5.38. The van der Waals surface area contributed by atoms with Crippen LogP contribution in [-0.2, 0) is 0 Å². The van der Waals surface area contributed by atoms with Gasteiger partial charge in [0.1, 0.15) is 16.4 Å². The molecule has 0 saturated heterocycles. The molecule has 3 rings (SSSR count). The van der Waals surface area contributed by atoms with Gasteiger partial charge in [-0.25, -0.2) is 4.98 Å². The number of anilines is 1. The Hall–Kier alpha value is -2.07. The van der Waals surface area contributed by atoms with Crippen LogP contribution in [0.25, 0.3) is 22.0 Å². The van der Waals surface area contributed by atoms with Gasteiger partial charge in [0.15, 0.2) is 0 Å². The Kier molecular flexibility index (Phi) is 2.64. The normalized spacial score (nSPS) is 10.7. The van der Waals surface area contributed by atoms with Gasteiger partial charge in [-0.15, -0.1) is 11.3 Å². The first kappa shape index (κ1) is 11.0. The summed E-state index contributed by atoms with van der Waals surface area (Å²) in [5.41, 5.74) is 9.62. The average molecular weight is 256 g/mol. The molecule has 4 heteroatoms. The minimum Gasteiger partial charge on any atom is -0.496 e. The fraction of sp³-hybridized carbons (Fsp3) is 0.0714. The predicted molar refractivity (Wildman–Crippen MR) is 76.0 cm³/mol. The molecule has 1 aromatic heterocycles. The van der Waals surface area contributed by atoms with Crippen molar-refractivity contribution in [1.82, 2.24) is 4.98 Å². The van der Waals surface area contributed by atoms with Crippen molar-refractivity contribution in [3.8, 4) is 17.0 Å². The predicted octanol–water partition coefficient (Wildman–Crippen LogP) is 3.55. The van der Waals surface area contributed by atoms with E-state index in [1.54, 1.807) is 12.6 Å². The molecule has 0 radical (unpaired) electrons. The van der Waals surface area contributed by atoms with E-state index in [0.29, 0.717) is 0 Å². The van der Waals surface area contributed by atoms with Crippen LogP contribution in [0.4, 0.5) is 5.00 Å². The number of hydrogen-bond donors (Lipinski definition) is 1. The van der Waals surface area contributed by atoms with Crippen molar-refractivity contribution < 1.29 is 4.74 Å². The van der Waals surface area contributed by atoms with E-state index in [1.165, 1.54) is 11.3 Å². The van der Waals surface area contributed by atoms with E-state index in [1.807, 2.05) is 30.3 Å². The summed E-state index contributed by atoms with van der Waals surface area (Å²) in [6, 6.07) is 12.1. The second kappa shape index (κ2) is 4.31. The highest BCUT2D eigenvalue weighted by molar-refractivity contribution is 7.14. The number of benzene rings is 2. The Morgan fingerprint density at radius 3 is 2.56 bits per heavy atom. The number of hydrogen-bond acceptors (Lipinski definition) is 4. The maximum Gasteiger partial charge on any atom is 0.126 e. The van der Waals surface area contributed by atoms with Crippen molar-refractivity contribution >= 4 is 27.1 Å². The van der Waals surface area contributed by atoms with E-state index in [4.69, 9.17) is 10.5 Å². The number of rotatable bonds is 2. The van der Waals surface area contributed by atoms with Crippen LogP contribution in [0.2, 0.25) is 0 Å². The number of nitrogens with zero attached hydrogens (tertiary/aromatic N) is 1. The first-order valence-corrected chi connectivity index (χ1v) is 6.44. The molecule has 0 spiro atoms. The maximum atomic E-state index is 5.96. The number of fused-ring (bicyclic) bond motifs is 1. The van der Waals surface area contributed by atoms with Gasteiger partial charge >= 0.3 is 0 Å². The number of aromatic nitrogens is 1. The van der Waals surface area contributed by atoms with E-state index in [2.05, 4.69) is 11.1 Å². The largest absolute Gasteiger partial charge is 0.496 e. The summed E-state index contributed by atoms with van der Waals surface area (Å²) in [5.74, 6) is 0.864. The molecule has 90 valence electrons. The lowest BCUT2D eigenvalue weighted by molar-refractivity contribution is 0.420. The molecule has 3 aromatic rings. The zero-order chi connectivity index (χ0) is 12.5. The Morgan fingerprint density at radius 2 is 1.89 bits per heavy atom. The third kappa shape index (κ3) is 1.62. The Labute approximate surface area is 109 Å². The number of nitrogens with two attached hydrogens (primary N) is 1. The van der Waals surface area contributed by atoms with Crippen LogP contribution in [0.3, 0.4) is 0 Å². The molecule has 0 unspecified atom stereocenters. The van der Waals surface area contributed by atoms with Crippen LogP contribution in [-0.4, -0.2) is 12.1 Å². The summed E-state index contributed by atoms with van der Waals surface area (Å²) in [6.07, 6.45) is 0. The summed E-state index contributed by atoms with van der Waals surface area (Å²) >= 11 is 1.45. The molecular formula is C14H12N2OS. The van der Waals surface area contributed by atoms with Crippen molar-refractivity contribution in [3.05, 3.63) is 41.9 Å². The van der Waals surface area contributed by atoms with Crippen LogP contribution < -0.4 is 10.5 Å². The summed E-state index contributed by atoms with van der Waals surface area (Å²) in [4.78, 5) is 4.34. The molecule has 3 nitrogen and oxygen atoms in total. The van der Waals surface area contributed by atoms with Crippen molar-refractivity contribution in [3.63, 3.8) is 0 Å². The van der Waals surface area contributed by atoms with Crippen molar-refractivity contribution in [2.75, 3.05) is 12.8 Å². The lowest BCUT2D eigenvalue weighted by atomic mass is 10.0. The summed E-state index contributed by atoms with van der Waals surface area (Å²) in [5, 5.41) is 2.92. The SMILES string of the molecule is COc1ccc(-c2ncsc2N)c2ccccc12. The van der Waals surface area contributed by atoms with Gasteiger partial charge in [0.05, 0.1) is 12.6 Å². The molecule has 0 fully saturated rings. The molecule has 0 aliphatic heterocycles. The van der Waals surface area contributed by atoms with Crippen LogP contribution in [0, 0.1) is 0 Å². The zero-order valence-corrected chi connectivity index (χ0v) is 10.7. The van der Waals surface area contributed by atoms with Crippen molar-refractivity contribution in [2.24, 2.45) is 0 Å². The molecule has 0 atom stereocenters. The van der Waals surface area contributed by atoms with Gasteiger partial charge in [-0.2, -0.15) is 0 Å². The van der Waals surface area contributed by atoms with Crippen LogP contribution >= 0.6 is 11.3 Å². The Bertz CT molecular complexity index is 706. The molecule has 0 saturated carbocycles. The average Bonchev–Trinajstić information content (AvgIpc) is 2.83. The Morgan fingerprint density at radius 1 is 1.11 bits per heavy atom. The third-order valence-corrected chi connectivity index (χ3v) is 3.61. The molecule has 1 heterocycles. The van der Waals surface area contributed by atoms with Gasteiger partial charge in [-0.1, -0.05) is 24.3 Å². The number of thiazole rings is 1. The fourth-order valence-corrected chi connectivity index (χ4v) is 2.66. The highest BCUT2D eigenvalue weighted by atomic mass is 32.1. The summed E-state index contributed by atoms with van der Waals surface area (Å²) in [6.45, 7) is 0. The van der Waals surface area contributed by atoms with E-state index >= 15 is 0 Å². The van der Waals surface area contributed by atoms with Gasteiger partial charge in [0.2, 0.25) is 0 Å². The van der Waals surface area contributed by atoms with Gasteiger partial charge in [-0.3, -0.25) is 0 Å². The third-order valence-electron chi connectivity index (χ3n) is 2.95. The molecule has 0 bridgehead atoms. The van der Waals surface area contributed by atoms with Crippen LogP contribution in [0.1, 0.15) is 0 Å².